The number of hydrogen-bond donors (Lipinski definition) is 2. The quantitative estimate of drug-likeness (QED) is 0.579. The Kier molecular flexibility index (Phi) is 4.67. The van der Waals surface area contributed by atoms with Gasteiger partial charge in [0.1, 0.15) is 0 Å². The lowest BCUT2D eigenvalue weighted by atomic mass is 10.1. The molecule has 1 atom stereocenters. The molecule has 0 aromatic heterocycles. The molecule has 1 aromatic rings. The number of benzene rings is 1. The number of hydrazine groups is 1. The third-order valence-electron chi connectivity index (χ3n) is 2.34. The summed E-state index contributed by atoms with van der Waals surface area (Å²) in [5, 5.41) is 0. The fraction of sp³-hybridized carbons (Fsp3) is 0.455. The van der Waals surface area contributed by atoms with Crippen molar-refractivity contribution in [2.24, 2.45) is 5.84 Å². The second kappa shape index (κ2) is 5.79. The summed E-state index contributed by atoms with van der Waals surface area (Å²) >= 11 is 0. The second-order valence-corrected chi connectivity index (χ2v) is 3.84. The van der Waals surface area contributed by atoms with Gasteiger partial charge in [-0.25, -0.2) is 4.39 Å². The van der Waals surface area contributed by atoms with Crippen LogP contribution in [0.15, 0.2) is 18.2 Å². The zero-order chi connectivity index (χ0) is 12.1. The van der Waals surface area contributed by atoms with Crippen LogP contribution >= 0.6 is 0 Å². The molecule has 0 aliphatic heterocycles. The Morgan fingerprint density at radius 3 is 2.69 bits per heavy atom. The molecule has 0 saturated heterocycles. The number of halogens is 1. The van der Waals surface area contributed by atoms with E-state index in [0.717, 1.165) is 0 Å². The minimum atomic E-state index is -0.366. The van der Waals surface area contributed by atoms with Crippen molar-refractivity contribution in [1.82, 2.24) is 10.3 Å². The largest absolute Gasteiger partial charge is 0.494 e. The summed E-state index contributed by atoms with van der Waals surface area (Å²) in [6.07, 6.45) is 0. The predicted octanol–water partition coefficient (Wildman–Crippen LogP) is 0.900. The van der Waals surface area contributed by atoms with Crippen LogP contribution in [-0.2, 0) is 0 Å². The van der Waals surface area contributed by atoms with Crippen molar-refractivity contribution in [2.75, 3.05) is 27.7 Å². The fourth-order valence-electron chi connectivity index (χ4n) is 1.56. The molecule has 0 aliphatic rings. The van der Waals surface area contributed by atoms with Crippen molar-refractivity contribution in [1.29, 1.82) is 0 Å². The first-order valence-corrected chi connectivity index (χ1v) is 5.03. The van der Waals surface area contributed by atoms with Gasteiger partial charge < -0.3 is 9.64 Å². The van der Waals surface area contributed by atoms with E-state index in [9.17, 15) is 4.39 Å². The molecule has 0 spiro atoms. The Morgan fingerprint density at radius 2 is 2.19 bits per heavy atom. The molecule has 0 amide bonds. The third kappa shape index (κ3) is 2.91. The van der Waals surface area contributed by atoms with Gasteiger partial charge in [-0.3, -0.25) is 11.3 Å². The summed E-state index contributed by atoms with van der Waals surface area (Å²) in [4.78, 5) is 1.93. The maximum absolute atomic E-state index is 13.9. The van der Waals surface area contributed by atoms with Gasteiger partial charge >= 0.3 is 0 Å². The first-order chi connectivity index (χ1) is 7.60. The lowest BCUT2D eigenvalue weighted by molar-refractivity contribution is 0.332. The molecule has 0 aliphatic carbocycles. The molecular weight excluding hydrogens is 209 g/mol. The van der Waals surface area contributed by atoms with Crippen LogP contribution in [0.25, 0.3) is 0 Å². The highest BCUT2D eigenvalue weighted by molar-refractivity contribution is 5.33. The van der Waals surface area contributed by atoms with Crippen molar-refractivity contribution >= 4 is 0 Å². The van der Waals surface area contributed by atoms with Gasteiger partial charge in [0.2, 0.25) is 0 Å². The predicted molar refractivity (Wildman–Crippen MR) is 61.6 cm³/mol. The zero-order valence-corrected chi connectivity index (χ0v) is 9.83. The van der Waals surface area contributed by atoms with Gasteiger partial charge in [-0.05, 0) is 20.2 Å². The molecule has 0 heterocycles. The molecule has 1 unspecified atom stereocenters. The van der Waals surface area contributed by atoms with Crippen LogP contribution in [-0.4, -0.2) is 32.6 Å². The van der Waals surface area contributed by atoms with Gasteiger partial charge in [-0.2, -0.15) is 0 Å². The van der Waals surface area contributed by atoms with Crippen molar-refractivity contribution in [2.45, 2.75) is 6.04 Å². The highest BCUT2D eigenvalue weighted by Gasteiger charge is 2.17. The van der Waals surface area contributed by atoms with Gasteiger partial charge in [0.15, 0.2) is 11.6 Å². The molecule has 0 fully saturated rings. The fourth-order valence-corrected chi connectivity index (χ4v) is 1.56. The lowest BCUT2D eigenvalue weighted by Gasteiger charge is -2.21. The summed E-state index contributed by atoms with van der Waals surface area (Å²) in [5.74, 6) is 5.30. The Hall–Kier alpha value is -1.17. The minimum absolute atomic E-state index is 0.233. The summed E-state index contributed by atoms with van der Waals surface area (Å²) in [6, 6.07) is 4.77. The summed E-state index contributed by atoms with van der Waals surface area (Å²) in [5.41, 5.74) is 3.11. The number of nitrogens with zero attached hydrogens (tertiary/aromatic N) is 1. The second-order valence-electron chi connectivity index (χ2n) is 3.84. The van der Waals surface area contributed by atoms with Crippen LogP contribution in [0.5, 0.6) is 5.75 Å². The zero-order valence-electron chi connectivity index (χ0n) is 9.83. The molecule has 0 bridgehead atoms. The molecule has 1 rings (SSSR count). The van der Waals surface area contributed by atoms with E-state index < -0.39 is 0 Å². The van der Waals surface area contributed by atoms with Gasteiger partial charge in [-0.15, -0.1) is 0 Å². The Labute approximate surface area is 95.2 Å². The number of hydrogen-bond acceptors (Lipinski definition) is 4. The summed E-state index contributed by atoms with van der Waals surface area (Å²) < 4.78 is 18.8. The average Bonchev–Trinajstić information content (AvgIpc) is 2.26. The highest BCUT2D eigenvalue weighted by atomic mass is 19.1. The Bertz CT molecular complexity index is 344. The lowest BCUT2D eigenvalue weighted by Crippen LogP contribution is -2.36. The first-order valence-electron chi connectivity index (χ1n) is 5.03. The van der Waals surface area contributed by atoms with Crippen molar-refractivity contribution in [3.05, 3.63) is 29.6 Å². The van der Waals surface area contributed by atoms with Crippen LogP contribution < -0.4 is 16.0 Å². The summed E-state index contributed by atoms with van der Waals surface area (Å²) in [7, 11) is 5.25. The molecule has 0 saturated carbocycles. The van der Waals surface area contributed by atoms with E-state index in [-0.39, 0.29) is 17.6 Å². The van der Waals surface area contributed by atoms with E-state index in [1.807, 2.05) is 19.0 Å². The maximum atomic E-state index is 13.9. The monoisotopic (exact) mass is 227 g/mol. The van der Waals surface area contributed by atoms with E-state index in [4.69, 9.17) is 10.6 Å². The van der Waals surface area contributed by atoms with Crippen molar-refractivity contribution in [3.8, 4) is 5.75 Å². The van der Waals surface area contributed by atoms with Gasteiger partial charge in [-0.1, -0.05) is 12.1 Å². The van der Waals surface area contributed by atoms with Crippen LogP contribution in [0.3, 0.4) is 0 Å². The molecule has 0 radical (unpaired) electrons. The van der Waals surface area contributed by atoms with Crippen LogP contribution in [0, 0.1) is 5.82 Å². The smallest absolute Gasteiger partial charge is 0.169 e. The molecule has 1 aromatic carbocycles. The van der Waals surface area contributed by atoms with Crippen LogP contribution in [0.1, 0.15) is 11.6 Å². The number of ether oxygens (including phenoxy) is 1. The maximum Gasteiger partial charge on any atom is 0.169 e. The Balaban J connectivity index is 3.00. The van der Waals surface area contributed by atoms with E-state index in [1.165, 1.54) is 7.11 Å². The number of rotatable bonds is 5. The van der Waals surface area contributed by atoms with Crippen LogP contribution in [0.2, 0.25) is 0 Å². The van der Waals surface area contributed by atoms with E-state index >= 15 is 0 Å². The molecule has 16 heavy (non-hydrogen) atoms. The van der Waals surface area contributed by atoms with Gasteiger partial charge in [0, 0.05) is 12.1 Å². The molecule has 5 heteroatoms. The van der Waals surface area contributed by atoms with E-state index in [0.29, 0.717) is 12.1 Å². The van der Waals surface area contributed by atoms with Gasteiger partial charge in [0.25, 0.3) is 0 Å². The minimum Gasteiger partial charge on any atom is -0.494 e. The third-order valence-corrected chi connectivity index (χ3v) is 2.34. The highest BCUT2D eigenvalue weighted by Crippen LogP contribution is 2.24. The molecule has 3 N–H and O–H groups in total. The first kappa shape index (κ1) is 12.9. The van der Waals surface area contributed by atoms with Crippen LogP contribution in [0.4, 0.5) is 4.39 Å². The average molecular weight is 227 g/mol. The molecule has 4 nitrogen and oxygen atoms in total. The standard InChI is InChI=1S/C11H18FN3O/c1-15(2)7-9(14-13)8-5-4-6-10(16-3)11(8)12/h4-6,9,14H,7,13H2,1-3H3. The van der Waals surface area contributed by atoms with Crippen molar-refractivity contribution < 1.29 is 9.13 Å². The number of likely N-dealkylation sites (N-methyl/N-ethyl adjacent to an activating group) is 1. The molecule has 90 valence electrons. The number of methoxy groups -OCH3 is 1. The number of nitrogens with one attached hydrogen (secondary N) is 1. The number of nitrogens with two attached hydrogens (primary N) is 1. The SMILES string of the molecule is COc1cccc(C(CN(C)C)NN)c1F. The topological polar surface area (TPSA) is 50.5 Å². The normalized spacial score (nSPS) is 12.9. The van der Waals surface area contributed by atoms with E-state index in [1.54, 1.807) is 18.2 Å². The summed E-state index contributed by atoms with van der Waals surface area (Å²) in [6.45, 7) is 0.612. The van der Waals surface area contributed by atoms with E-state index in [2.05, 4.69) is 5.43 Å². The molecular formula is C11H18FN3O. The van der Waals surface area contributed by atoms with Crippen molar-refractivity contribution in [3.63, 3.8) is 0 Å². The Morgan fingerprint density at radius 1 is 1.50 bits per heavy atom. The van der Waals surface area contributed by atoms with Gasteiger partial charge in [0.05, 0.1) is 13.2 Å².